The molecule has 0 spiro atoms. The van der Waals surface area contributed by atoms with Crippen molar-refractivity contribution in [1.82, 2.24) is 0 Å². The molecule has 0 aromatic heterocycles. The smallest absolute Gasteiger partial charge is 0.127 e. The van der Waals surface area contributed by atoms with E-state index in [1.54, 1.807) is 0 Å². The molecule has 0 amide bonds. The van der Waals surface area contributed by atoms with Crippen LogP contribution in [0.2, 0.25) is 0 Å². The van der Waals surface area contributed by atoms with Gasteiger partial charge in [-0.2, -0.15) is 0 Å². The van der Waals surface area contributed by atoms with Crippen LogP contribution < -0.4 is 0 Å². The molecule has 2 atom stereocenters. The van der Waals surface area contributed by atoms with Crippen LogP contribution >= 0.6 is 15.9 Å². The number of benzene rings is 1. The Bertz CT molecular complexity index is 325. The summed E-state index contributed by atoms with van der Waals surface area (Å²) in [6.45, 7) is 4.19. The molecule has 1 rings (SSSR count). The van der Waals surface area contributed by atoms with Gasteiger partial charge in [-0.3, -0.25) is 0 Å². The van der Waals surface area contributed by atoms with E-state index in [0.717, 1.165) is 18.9 Å². The van der Waals surface area contributed by atoms with Gasteiger partial charge in [0.2, 0.25) is 0 Å². The molecular weight excluding hydrogens is 262 g/mol. The van der Waals surface area contributed by atoms with Crippen LogP contribution in [0.3, 0.4) is 0 Å². The van der Waals surface area contributed by atoms with E-state index >= 15 is 0 Å². The van der Waals surface area contributed by atoms with Crippen LogP contribution in [-0.2, 0) is 0 Å². The maximum absolute atomic E-state index is 13.4. The lowest BCUT2D eigenvalue weighted by atomic mass is 9.98. The molecule has 1 aromatic carbocycles. The van der Waals surface area contributed by atoms with E-state index in [0.29, 0.717) is 11.5 Å². The standard InChI is InChI=1S/C12H15BrF2/c1-3-8(2)6-11(13)10-7-9(14)4-5-12(10)15/h4-5,7-8,11H,3,6H2,1-2H3. The number of hydrogen-bond donors (Lipinski definition) is 0. The van der Waals surface area contributed by atoms with Gasteiger partial charge in [0.15, 0.2) is 0 Å². The molecule has 0 heterocycles. The Morgan fingerprint density at radius 2 is 2.00 bits per heavy atom. The van der Waals surface area contributed by atoms with Crippen LogP contribution in [0.25, 0.3) is 0 Å². The summed E-state index contributed by atoms with van der Waals surface area (Å²) in [6, 6.07) is 3.58. The Kier molecular flexibility index (Phi) is 4.71. The van der Waals surface area contributed by atoms with E-state index in [9.17, 15) is 8.78 Å². The zero-order chi connectivity index (χ0) is 11.4. The van der Waals surface area contributed by atoms with E-state index in [4.69, 9.17) is 0 Å². The number of rotatable bonds is 4. The third kappa shape index (κ3) is 3.56. The van der Waals surface area contributed by atoms with E-state index in [-0.39, 0.29) is 16.5 Å². The molecule has 0 saturated heterocycles. The second-order valence-electron chi connectivity index (χ2n) is 3.88. The summed E-state index contributed by atoms with van der Waals surface area (Å²) >= 11 is 3.41. The summed E-state index contributed by atoms with van der Waals surface area (Å²) in [6.07, 6.45) is 1.86. The van der Waals surface area contributed by atoms with Gasteiger partial charge in [0, 0.05) is 10.4 Å². The third-order valence-corrected chi connectivity index (χ3v) is 3.47. The van der Waals surface area contributed by atoms with Crippen LogP contribution in [0.4, 0.5) is 8.78 Å². The summed E-state index contributed by atoms with van der Waals surface area (Å²) in [5.41, 5.74) is 0.412. The van der Waals surface area contributed by atoms with Crippen LogP contribution in [0, 0.1) is 17.6 Å². The van der Waals surface area contributed by atoms with Crippen LogP contribution in [0.1, 0.15) is 37.1 Å². The molecule has 0 saturated carbocycles. The second kappa shape index (κ2) is 5.59. The van der Waals surface area contributed by atoms with Gasteiger partial charge in [0.05, 0.1) is 0 Å². The van der Waals surface area contributed by atoms with E-state index in [1.807, 2.05) is 0 Å². The van der Waals surface area contributed by atoms with Gasteiger partial charge in [0.25, 0.3) is 0 Å². The van der Waals surface area contributed by atoms with Crippen molar-refractivity contribution in [3.63, 3.8) is 0 Å². The Labute approximate surface area is 97.8 Å². The predicted octanol–water partition coefficient (Wildman–Crippen LogP) is 4.84. The first-order valence-electron chi connectivity index (χ1n) is 5.13. The van der Waals surface area contributed by atoms with Crippen molar-refractivity contribution in [2.75, 3.05) is 0 Å². The Morgan fingerprint density at radius 1 is 1.33 bits per heavy atom. The minimum Gasteiger partial charge on any atom is -0.207 e. The quantitative estimate of drug-likeness (QED) is 0.691. The summed E-state index contributed by atoms with van der Waals surface area (Å²) in [5, 5.41) is 0. The SMILES string of the molecule is CCC(C)CC(Br)c1cc(F)ccc1F. The molecule has 2 unspecified atom stereocenters. The Balaban J connectivity index is 2.80. The monoisotopic (exact) mass is 276 g/mol. The first-order chi connectivity index (χ1) is 7.04. The lowest BCUT2D eigenvalue weighted by Crippen LogP contribution is -2.01. The Hall–Kier alpha value is -0.440. The van der Waals surface area contributed by atoms with Crippen molar-refractivity contribution >= 4 is 15.9 Å². The highest BCUT2D eigenvalue weighted by molar-refractivity contribution is 9.09. The average Bonchev–Trinajstić information content (AvgIpc) is 2.21. The van der Waals surface area contributed by atoms with Crippen molar-refractivity contribution in [3.8, 4) is 0 Å². The molecule has 0 aliphatic carbocycles. The van der Waals surface area contributed by atoms with Gasteiger partial charge >= 0.3 is 0 Å². The lowest BCUT2D eigenvalue weighted by molar-refractivity contribution is 0.501. The fourth-order valence-corrected chi connectivity index (χ4v) is 2.39. The van der Waals surface area contributed by atoms with Crippen molar-refractivity contribution in [2.45, 2.75) is 31.5 Å². The molecular formula is C12H15BrF2. The molecule has 0 aliphatic rings. The van der Waals surface area contributed by atoms with E-state index in [2.05, 4.69) is 29.8 Å². The molecule has 0 bridgehead atoms. The van der Waals surface area contributed by atoms with Crippen LogP contribution in [-0.4, -0.2) is 0 Å². The summed E-state index contributed by atoms with van der Waals surface area (Å²) in [5.74, 6) is -0.237. The number of halogens is 3. The summed E-state index contributed by atoms with van der Waals surface area (Å²) in [7, 11) is 0. The molecule has 0 fully saturated rings. The maximum atomic E-state index is 13.4. The predicted molar refractivity (Wildman–Crippen MR) is 62.1 cm³/mol. The van der Waals surface area contributed by atoms with Gasteiger partial charge in [-0.05, 0) is 30.5 Å². The normalized spacial score (nSPS) is 15.0. The van der Waals surface area contributed by atoms with Gasteiger partial charge in [-0.25, -0.2) is 8.78 Å². The van der Waals surface area contributed by atoms with Crippen molar-refractivity contribution in [1.29, 1.82) is 0 Å². The number of alkyl halides is 1. The van der Waals surface area contributed by atoms with Gasteiger partial charge in [-0.1, -0.05) is 36.2 Å². The van der Waals surface area contributed by atoms with Crippen LogP contribution in [0.5, 0.6) is 0 Å². The fraction of sp³-hybridized carbons (Fsp3) is 0.500. The molecule has 0 N–H and O–H groups in total. The molecule has 3 heteroatoms. The van der Waals surface area contributed by atoms with Gasteiger partial charge < -0.3 is 0 Å². The number of hydrogen-bond acceptors (Lipinski definition) is 0. The molecule has 0 nitrogen and oxygen atoms in total. The highest BCUT2D eigenvalue weighted by Gasteiger charge is 2.15. The third-order valence-electron chi connectivity index (χ3n) is 2.60. The highest BCUT2D eigenvalue weighted by atomic mass is 79.9. The van der Waals surface area contributed by atoms with Crippen molar-refractivity contribution in [2.24, 2.45) is 5.92 Å². The van der Waals surface area contributed by atoms with Crippen LogP contribution in [0.15, 0.2) is 18.2 Å². The average molecular weight is 277 g/mol. The molecule has 15 heavy (non-hydrogen) atoms. The minimum atomic E-state index is -0.389. The van der Waals surface area contributed by atoms with Gasteiger partial charge in [0.1, 0.15) is 11.6 Å². The minimum absolute atomic E-state index is 0.108. The largest absolute Gasteiger partial charge is 0.207 e. The molecule has 1 aromatic rings. The van der Waals surface area contributed by atoms with Gasteiger partial charge in [-0.15, -0.1) is 0 Å². The van der Waals surface area contributed by atoms with E-state index in [1.165, 1.54) is 12.1 Å². The molecule has 0 aliphatic heterocycles. The van der Waals surface area contributed by atoms with E-state index < -0.39 is 0 Å². The first-order valence-corrected chi connectivity index (χ1v) is 6.05. The Morgan fingerprint density at radius 3 is 2.60 bits per heavy atom. The fourth-order valence-electron chi connectivity index (χ4n) is 1.40. The second-order valence-corrected chi connectivity index (χ2v) is 4.99. The maximum Gasteiger partial charge on any atom is 0.127 e. The molecule has 84 valence electrons. The first kappa shape index (κ1) is 12.6. The van der Waals surface area contributed by atoms with Crippen molar-refractivity contribution in [3.05, 3.63) is 35.4 Å². The zero-order valence-electron chi connectivity index (χ0n) is 8.93. The topological polar surface area (TPSA) is 0 Å². The summed E-state index contributed by atoms with van der Waals surface area (Å²) in [4.78, 5) is -0.108. The zero-order valence-corrected chi connectivity index (χ0v) is 10.5. The summed E-state index contributed by atoms with van der Waals surface area (Å²) < 4.78 is 26.3. The lowest BCUT2D eigenvalue weighted by Gasteiger charge is -2.15. The van der Waals surface area contributed by atoms with Crippen molar-refractivity contribution < 1.29 is 8.78 Å². The highest BCUT2D eigenvalue weighted by Crippen LogP contribution is 2.32. The molecule has 0 radical (unpaired) electrons.